The Hall–Kier alpha value is -3.41. The first-order chi connectivity index (χ1) is 13.0. The van der Waals surface area contributed by atoms with E-state index in [1.165, 1.54) is 6.08 Å². The van der Waals surface area contributed by atoms with E-state index >= 15 is 0 Å². The molecule has 0 saturated carbocycles. The Labute approximate surface area is 157 Å². The predicted octanol–water partition coefficient (Wildman–Crippen LogP) is 3.37. The molecule has 2 aromatic rings. The van der Waals surface area contributed by atoms with Gasteiger partial charge >= 0.3 is 11.9 Å². The summed E-state index contributed by atoms with van der Waals surface area (Å²) >= 11 is 0. The Morgan fingerprint density at radius 2 is 1.63 bits per heavy atom. The molecule has 0 aromatic heterocycles. The number of hydrogen-bond donors (Lipinski definition) is 1. The summed E-state index contributed by atoms with van der Waals surface area (Å²) in [4.78, 5) is 35.1. The SMILES string of the molecule is CCOC(=O)c1ccc(NC(=O)COC(=O)/C=C/c2ccc(C)cc2)cc1. The fraction of sp³-hybridized carbons (Fsp3) is 0.190. The molecular weight excluding hydrogens is 346 g/mol. The van der Waals surface area contributed by atoms with Crippen molar-refractivity contribution in [3.63, 3.8) is 0 Å². The molecule has 0 aliphatic carbocycles. The number of esters is 2. The number of ether oxygens (including phenoxy) is 2. The molecule has 0 bridgehead atoms. The van der Waals surface area contributed by atoms with Crippen molar-refractivity contribution in [2.24, 2.45) is 0 Å². The second kappa shape index (κ2) is 9.91. The summed E-state index contributed by atoms with van der Waals surface area (Å²) in [5.41, 5.74) is 2.87. The summed E-state index contributed by atoms with van der Waals surface area (Å²) in [6, 6.07) is 13.9. The number of benzene rings is 2. The van der Waals surface area contributed by atoms with Gasteiger partial charge in [0, 0.05) is 11.8 Å². The minimum absolute atomic E-state index is 0.293. The van der Waals surface area contributed by atoms with E-state index in [2.05, 4.69) is 5.32 Å². The smallest absolute Gasteiger partial charge is 0.338 e. The van der Waals surface area contributed by atoms with Gasteiger partial charge < -0.3 is 14.8 Å². The second-order valence-electron chi connectivity index (χ2n) is 5.70. The van der Waals surface area contributed by atoms with E-state index in [9.17, 15) is 14.4 Å². The lowest BCUT2D eigenvalue weighted by atomic mass is 10.1. The van der Waals surface area contributed by atoms with Crippen LogP contribution in [-0.4, -0.2) is 31.1 Å². The first-order valence-corrected chi connectivity index (χ1v) is 8.46. The fourth-order valence-corrected chi connectivity index (χ4v) is 2.13. The number of anilines is 1. The quantitative estimate of drug-likeness (QED) is 0.599. The van der Waals surface area contributed by atoms with Gasteiger partial charge in [0.2, 0.25) is 0 Å². The van der Waals surface area contributed by atoms with Crippen LogP contribution in [0.15, 0.2) is 54.6 Å². The van der Waals surface area contributed by atoms with Gasteiger partial charge in [-0.25, -0.2) is 9.59 Å². The third kappa shape index (κ3) is 6.78. The van der Waals surface area contributed by atoms with E-state index < -0.39 is 24.5 Å². The van der Waals surface area contributed by atoms with E-state index in [1.807, 2.05) is 31.2 Å². The molecule has 6 heteroatoms. The van der Waals surface area contributed by atoms with Crippen LogP contribution in [0.5, 0.6) is 0 Å². The minimum Gasteiger partial charge on any atom is -0.462 e. The number of rotatable bonds is 7. The van der Waals surface area contributed by atoms with Crippen LogP contribution in [0.25, 0.3) is 6.08 Å². The number of carbonyl (C=O) groups is 3. The largest absolute Gasteiger partial charge is 0.462 e. The monoisotopic (exact) mass is 367 g/mol. The Morgan fingerprint density at radius 3 is 2.26 bits per heavy atom. The topological polar surface area (TPSA) is 81.7 Å². The van der Waals surface area contributed by atoms with Crippen LogP contribution in [0.4, 0.5) is 5.69 Å². The summed E-state index contributed by atoms with van der Waals surface area (Å²) in [7, 11) is 0. The summed E-state index contributed by atoms with van der Waals surface area (Å²) in [5, 5.41) is 2.58. The maximum absolute atomic E-state index is 11.8. The van der Waals surface area contributed by atoms with Crippen molar-refractivity contribution in [2.45, 2.75) is 13.8 Å². The lowest BCUT2D eigenvalue weighted by Gasteiger charge is -2.06. The first-order valence-electron chi connectivity index (χ1n) is 8.46. The van der Waals surface area contributed by atoms with Crippen molar-refractivity contribution < 1.29 is 23.9 Å². The normalized spacial score (nSPS) is 10.4. The molecule has 0 unspecified atom stereocenters. The molecule has 2 aromatic carbocycles. The molecule has 0 aliphatic heterocycles. The van der Waals surface area contributed by atoms with Crippen LogP contribution in [0.1, 0.15) is 28.4 Å². The molecule has 2 rings (SSSR count). The zero-order valence-electron chi connectivity index (χ0n) is 15.2. The van der Waals surface area contributed by atoms with Crippen LogP contribution < -0.4 is 5.32 Å². The van der Waals surface area contributed by atoms with Gasteiger partial charge in [0.1, 0.15) is 0 Å². The van der Waals surface area contributed by atoms with Crippen LogP contribution in [0.3, 0.4) is 0 Å². The molecule has 0 heterocycles. The van der Waals surface area contributed by atoms with Gasteiger partial charge in [0.05, 0.1) is 12.2 Å². The average Bonchev–Trinajstić information content (AvgIpc) is 2.66. The molecule has 0 spiro atoms. The Bertz CT molecular complexity index is 823. The van der Waals surface area contributed by atoms with E-state index in [0.29, 0.717) is 17.9 Å². The van der Waals surface area contributed by atoms with Crippen molar-refractivity contribution >= 4 is 29.6 Å². The third-order valence-electron chi connectivity index (χ3n) is 3.51. The molecular formula is C21H21NO5. The van der Waals surface area contributed by atoms with E-state index in [4.69, 9.17) is 9.47 Å². The third-order valence-corrected chi connectivity index (χ3v) is 3.51. The highest BCUT2D eigenvalue weighted by molar-refractivity contribution is 5.95. The highest BCUT2D eigenvalue weighted by atomic mass is 16.5. The van der Waals surface area contributed by atoms with Gasteiger partial charge in [-0.2, -0.15) is 0 Å². The van der Waals surface area contributed by atoms with Gasteiger partial charge in [0.15, 0.2) is 6.61 Å². The van der Waals surface area contributed by atoms with Crippen LogP contribution in [0.2, 0.25) is 0 Å². The molecule has 1 amide bonds. The maximum Gasteiger partial charge on any atom is 0.338 e. The number of nitrogens with one attached hydrogen (secondary N) is 1. The second-order valence-corrected chi connectivity index (χ2v) is 5.70. The summed E-state index contributed by atoms with van der Waals surface area (Å²) < 4.78 is 9.79. The molecule has 140 valence electrons. The lowest BCUT2D eigenvalue weighted by molar-refractivity contribution is -0.142. The Balaban J connectivity index is 1.79. The summed E-state index contributed by atoms with van der Waals surface area (Å²) in [5.74, 6) is -1.51. The number of aryl methyl sites for hydroxylation is 1. The van der Waals surface area contributed by atoms with Gasteiger partial charge in [-0.15, -0.1) is 0 Å². The number of carbonyl (C=O) groups excluding carboxylic acids is 3. The molecule has 0 atom stereocenters. The van der Waals surface area contributed by atoms with Crippen LogP contribution in [0, 0.1) is 6.92 Å². The van der Waals surface area contributed by atoms with Crippen molar-refractivity contribution in [1.29, 1.82) is 0 Å². The predicted molar refractivity (Wildman–Crippen MR) is 102 cm³/mol. The number of hydrogen-bond acceptors (Lipinski definition) is 5. The molecule has 27 heavy (non-hydrogen) atoms. The Kier molecular flexibility index (Phi) is 7.31. The molecule has 0 aliphatic rings. The summed E-state index contributed by atoms with van der Waals surface area (Å²) in [6.07, 6.45) is 2.89. The average molecular weight is 367 g/mol. The highest BCUT2D eigenvalue weighted by Gasteiger charge is 2.08. The molecule has 0 fully saturated rings. The maximum atomic E-state index is 11.8. The molecule has 0 saturated heterocycles. The standard InChI is InChI=1S/C21H21NO5/c1-3-26-21(25)17-9-11-18(12-10-17)22-19(23)14-27-20(24)13-8-16-6-4-15(2)5-7-16/h4-13H,3,14H2,1-2H3,(H,22,23)/b13-8+. The van der Waals surface area contributed by atoms with Crippen molar-refractivity contribution in [1.82, 2.24) is 0 Å². The fourth-order valence-electron chi connectivity index (χ4n) is 2.13. The molecule has 0 radical (unpaired) electrons. The first kappa shape index (κ1) is 19.9. The van der Waals surface area contributed by atoms with Crippen molar-refractivity contribution in [2.75, 3.05) is 18.5 Å². The Morgan fingerprint density at radius 1 is 0.963 bits per heavy atom. The van der Waals surface area contributed by atoms with Crippen molar-refractivity contribution in [3.05, 3.63) is 71.3 Å². The van der Waals surface area contributed by atoms with E-state index in [1.54, 1.807) is 37.3 Å². The van der Waals surface area contributed by atoms with Gasteiger partial charge in [-0.3, -0.25) is 4.79 Å². The minimum atomic E-state index is -0.608. The molecule has 1 N–H and O–H groups in total. The highest BCUT2D eigenvalue weighted by Crippen LogP contribution is 2.10. The lowest BCUT2D eigenvalue weighted by Crippen LogP contribution is -2.20. The van der Waals surface area contributed by atoms with Crippen LogP contribution in [-0.2, 0) is 19.1 Å². The zero-order chi connectivity index (χ0) is 19.6. The van der Waals surface area contributed by atoms with Gasteiger partial charge in [0.25, 0.3) is 5.91 Å². The molecule has 6 nitrogen and oxygen atoms in total. The van der Waals surface area contributed by atoms with Crippen LogP contribution >= 0.6 is 0 Å². The zero-order valence-corrected chi connectivity index (χ0v) is 15.2. The van der Waals surface area contributed by atoms with Crippen molar-refractivity contribution in [3.8, 4) is 0 Å². The number of amides is 1. The van der Waals surface area contributed by atoms with E-state index in [0.717, 1.165) is 11.1 Å². The van der Waals surface area contributed by atoms with Gasteiger partial charge in [-0.05, 0) is 49.8 Å². The van der Waals surface area contributed by atoms with E-state index in [-0.39, 0.29) is 0 Å². The van der Waals surface area contributed by atoms with Gasteiger partial charge in [-0.1, -0.05) is 29.8 Å². The summed E-state index contributed by atoms with van der Waals surface area (Å²) in [6.45, 7) is 3.59.